The molecule has 0 aliphatic carbocycles. The largest absolute Gasteiger partial charge is 0.493 e. The number of anilines is 3. The molecule has 3 rings (SSSR count). The lowest BCUT2D eigenvalue weighted by Gasteiger charge is -2.41. The van der Waals surface area contributed by atoms with Gasteiger partial charge in [-0.2, -0.15) is 0 Å². The minimum absolute atomic E-state index is 0.525. The third kappa shape index (κ3) is 12.3. The molecule has 10 nitrogen and oxygen atoms in total. The summed E-state index contributed by atoms with van der Waals surface area (Å²) in [7, 11) is -1.72. The van der Waals surface area contributed by atoms with Gasteiger partial charge in [0.15, 0.2) is 0 Å². The molecule has 248 valence electrons. The molecule has 0 unspecified atom stereocenters. The van der Waals surface area contributed by atoms with Crippen LogP contribution in [0.1, 0.15) is 19.3 Å². The Morgan fingerprint density at radius 3 is 0.933 bits per heavy atom. The number of hydrogen-bond acceptors (Lipinski definition) is 10. The lowest BCUT2D eigenvalue weighted by Crippen LogP contribution is -2.63. The molecular formula is C32H51N3O7Si3. The van der Waals surface area contributed by atoms with Gasteiger partial charge in [-0.25, -0.2) is 0 Å². The molecule has 0 aliphatic heterocycles. The second-order valence-electron chi connectivity index (χ2n) is 10.5. The summed E-state index contributed by atoms with van der Waals surface area (Å²) in [5.74, 6) is 0. The molecule has 13 heteroatoms. The van der Waals surface area contributed by atoms with Crippen molar-refractivity contribution in [3.8, 4) is 0 Å². The standard InChI is InChI=1S/C32H51N3O7Si3/c1-36-43(37-2,27-15-24-33-30-18-9-6-10-19-30)41-45(40-5,29-17-26-35-32-22-13-8-14-23-32)42-44(38-3,39-4)28-16-25-34-31-20-11-7-12-21-31/h6-14,18-23,33-35H,15-17,24-29H2,1-5H3. The summed E-state index contributed by atoms with van der Waals surface area (Å²) in [6, 6.07) is 32.0. The molecule has 3 aromatic carbocycles. The fourth-order valence-electron chi connectivity index (χ4n) is 4.91. The van der Waals surface area contributed by atoms with Crippen LogP contribution in [0.5, 0.6) is 0 Å². The normalized spacial score (nSPS) is 12.2. The van der Waals surface area contributed by atoms with E-state index in [2.05, 4.69) is 16.0 Å². The van der Waals surface area contributed by atoms with E-state index in [0.29, 0.717) is 24.7 Å². The average molecular weight is 674 g/mol. The van der Waals surface area contributed by atoms with Crippen molar-refractivity contribution in [3.63, 3.8) is 0 Å². The van der Waals surface area contributed by atoms with Gasteiger partial charge in [-0.3, -0.25) is 0 Å². The van der Waals surface area contributed by atoms with E-state index in [4.69, 9.17) is 30.4 Å². The second kappa shape index (κ2) is 19.8. The van der Waals surface area contributed by atoms with E-state index in [1.165, 1.54) is 0 Å². The Kier molecular flexibility index (Phi) is 16.3. The number of para-hydroxylation sites is 3. The lowest BCUT2D eigenvalue weighted by molar-refractivity contribution is 0.0698. The van der Waals surface area contributed by atoms with E-state index < -0.39 is 26.4 Å². The van der Waals surface area contributed by atoms with Crippen LogP contribution in [0.25, 0.3) is 0 Å². The molecule has 0 saturated heterocycles. The summed E-state index contributed by atoms with van der Waals surface area (Å²) < 4.78 is 44.3. The Morgan fingerprint density at radius 2 is 0.667 bits per heavy atom. The molecule has 0 aliphatic rings. The van der Waals surface area contributed by atoms with Gasteiger partial charge in [0, 0.05) is 90.4 Å². The molecule has 0 heterocycles. The number of hydrogen-bond donors (Lipinski definition) is 3. The maximum absolute atomic E-state index is 6.91. The highest BCUT2D eigenvalue weighted by Gasteiger charge is 2.57. The Morgan fingerprint density at radius 1 is 0.400 bits per heavy atom. The first-order valence-electron chi connectivity index (χ1n) is 15.5. The maximum atomic E-state index is 6.91. The Labute approximate surface area is 272 Å². The fraction of sp³-hybridized carbons (Fsp3) is 0.438. The van der Waals surface area contributed by atoms with Crippen LogP contribution in [0, 0.1) is 0 Å². The molecule has 0 bridgehead atoms. The number of rotatable bonds is 24. The summed E-state index contributed by atoms with van der Waals surface area (Å²) in [6.45, 7) is 2.18. The Bertz CT molecular complexity index is 1110. The van der Waals surface area contributed by atoms with Gasteiger partial charge in [0.05, 0.1) is 0 Å². The van der Waals surface area contributed by atoms with Crippen molar-refractivity contribution in [2.45, 2.75) is 37.4 Å². The van der Waals surface area contributed by atoms with Crippen LogP contribution >= 0.6 is 0 Å². The molecule has 3 N–H and O–H groups in total. The van der Waals surface area contributed by atoms with E-state index >= 15 is 0 Å². The first-order chi connectivity index (χ1) is 22.0. The van der Waals surface area contributed by atoms with Crippen LogP contribution in [0.4, 0.5) is 17.1 Å². The molecule has 0 fully saturated rings. The summed E-state index contributed by atoms with van der Waals surface area (Å²) >= 11 is 0. The monoisotopic (exact) mass is 673 g/mol. The summed E-state index contributed by atoms with van der Waals surface area (Å²) in [5, 5.41) is 10.4. The zero-order valence-corrected chi connectivity index (χ0v) is 30.4. The first kappa shape index (κ1) is 36.9. The molecule has 0 aromatic heterocycles. The fourth-order valence-corrected chi connectivity index (χ4v) is 16.1. The highest BCUT2D eigenvalue weighted by molar-refractivity contribution is 6.80. The smallest absolute Gasteiger partial charge is 0.385 e. The maximum Gasteiger partial charge on any atom is 0.493 e. The highest BCUT2D eigenvalue weighted by Crippen LogP contribution is 2.32. The van der Waals surface area contributed by atoms with E-state index in [0.717, 1.165) is 49.4 Å². The third-order valence-electron chi connectivity index (χ3n) is 7.46. The average Bonchev–Trinajstić information content (AvgIpc) is 3.10. The summed E-state index contributed by atoms with van der Waals surface area (Å²) in [4.78, 5) is 0. The predicted octanol–water partition coefficient (Wildman–Crippen LogP) is 6.57. The summed E-state index contributed by atoms with van der Waals surface area (Å²) in [5.41, 5.74) is 3.18. The lowest BCUT2D eigenvalue weighted by atomic mass is 10.3. The van der Waals surface area contributed by atoms with Crippen molar-refractivity contribution < 1.29 is 30.4 Å². The predicted molar refractivity (Wildman–Crippen MR) is 188 cm³/mol. The molecule has 0 saturated carbocycles. The van der Waals surface area contributed by atoms with Crippen molar-refractivity contribution >= 4 is 43.5 Å². The topological polar surface area (TPSA) is 101 Å². The van der Waals surface area contributed by atoms with E-state index in [1.807, 2.05) is 91.0 Å². The second-order valence-corrected chi connectivity index (χ2v) is 19.7. The van der Waals surface area contributed by atoms with E-state index in [9.17, 15) is 0 Å². The first-order valence-corrected chi connectivity index (χ1v) is 21.3. The Balaban J connectivity index is 1.74. The molecule has 3 aromatic rings. The molecule has 0 amide bonds. The van der Waals surface area contributed by atoms with Gasteiger partial charge in [0.25, 0.3) is 0 Å². The van der Waals surface area contributed by atoms with Gasteiger partial charge in [-0.05, 0) is 55.7 Å². The minimum atomic E-state index is -3.47. The van der Waals surface area contributed by atoms with Crippen molar-refractivity contribution in [2.24, 2.45) is 0 Å². The van der Waals surface area contributed by atoms with Gasteiger partial charge in [0.1, 0.15) is 0 Å². The van der Waals surface area contributed by atoms with Gasteiger partial charge >= 0.3 is 26.4 Å². The van der Waals surface area contributed by atoms with Gasteiger partial charge in [0.2, 0.25) is 0 Å². The van der Waals surface area contributed by atoms with Crippen LogP contribution in [0.3, 0.4) is 0 Å². The highest BCUT2D eigenvalue weighted by atomic mass is 28.5. The van der Waals surface area contributed by atoms with Crippen molar-refractivity contribution in [2.75, 3.05) is 71.1 Å². The summed E-state index contributed by atoms with van der Waals surface area (Å²) in [6.07, 6.45) is 2.28. The minimum Gasteiger partial charge on any atom is -0.385 e. The zero-order chi connectivity index (χ0) is 32.3. The SMILES string of the molecule is CO[Si](CCCNc1ccccc1)(OC)O[Si](CCCNc1ccccc1)(OC)O[Si](CCCNc1ccccc1)(OC)OC. The van der Waals surface area contributed by atoms with Gasteiger partial charge in [-0.1, -0.05) is 54.6 Å². The molecule has 0 radical (unpaired) electrons. The quantitative estimate of drug-likeness (QED) is 0.0715. The Hall–Kier alpha value is -2.57. The molecule has 0 atom stereocenters. The number of benzene rings is 3. The van der Waals surface area contributed by atoms with Crippen LogP contribution in [-0.2, 0) is 30.4 Å². The van der Waals surface area contributed by atoms with Crippen LogP contribution in [0.15, 0.2) is 91.0 Å². The molecule has 0 spiro atoms. The van der Waals surface area contributed by atoms with E-state index in [1.54, 1.807) is 35.5 Å². The van der Waals surface area contributed by atoms with Gasteiger partial charge < -0.3 is 46.3 Å². The van der Waals surface area contributed by atoms with Crippen molar-refractivity contribution in [1.82, 2.24) is 0 Å². The third-order valence-corrected chi connectivity index (χ3v) is 18.4. The van der Waals surface area contributed by atoms with Crippen molar-refractivity contribution in [1.29, 1.82) is 0 Å². The zero-order valence-electron chi connectivity index (χ0n) is 27.4. The molecular weight excluding hydrogens is 623 g/mol. The van der Waals surface area contributed by atoms with Crippen LogP contribution in [-0.4, -0.2) is 81.6 Å². The van der Waals surface area contributed by atoms with Crippen LogP contribution < -0.4 is 16.0 Å². The van der Waals surface area contributed by atoms with Gasteiger partial charge in [-0.15, -0.1) is 0 Å². The van der Waals surface area contributed by atoms with E-state index in [-0.39, 0.29) is 0 Å². The van der Waals surface area contributed by atoms with Crippen LogP contribution in [0.2, 0.25) is 18.1 Å². The number of nitrogens with one attached hydrogen (secondary N) is 3. The molecule has 45 heavy (non-hydrogen) atoms. The van der Waals surface area contributed by atoms with Crippen molar-refractivity contribution in [3.05, 3.63) is 91.0 Å².